The molecule has 0 saturated carbocycles. The van der Waals surface area contributed by atoms with Crippen molar-refractivity contribution < 1.29 is 22.7 Å². The molecule has 0 aromatic heterocycles. The van der Waals surface area contributed by atoms with Crippen LogP contribution >= 0.6 is 0 Å². The third-order valence-corrected chi connectivity index (χ3v) is 5.51. The average Bonchev–Trinajstić information content (AvgIpc) is 2.93. The van der Waals surface area contributed by atoms with Gasteiger partial charge in [-0.05, 0) is 25.7 Å². The molecule has 0 spiro atoms. The standard InChI is InChI=1S/C23H29F3N2O2/c1-4-5-6-9-14-30-20-17-11-8-7-10-16(17)12-13-18(20)21(23(24,25)26)28-22(2,3)15-19(29)27-28/h7-8,10-13,21H,4-6,9,14-15H2,1-3H3,(H,27,29)/t21-/m0/s1. The molecular formula is C23H29F3N2O2. The molecule has 0 radical (unpaired) electrons. The van der Waals surface area contributed by atoms with Crippen LogP contribution in [0.4, 0.5) is 13.2 Å². The molecule has 164 valence electrons. The van der Waals surface area contributed by atoms with E-state index in [1.165, 1.54) is 6.07 Å². The monoisotopic (exact) mass is 422 g/mol. The third-order valence-electron chi connectivity index (χ3n) is 5.51. The second kappa shape index (κ2) is 8.84. The van der Waals surface area contributed by atoms with Gasteiger partial charge in [-0.3, -0.25) is 10.2 Å². The van der Waals surface area contributed by atoms with Gasteiger partial charge in [-0.15, -0.1) is 0 Å². The molecule has 2 aromatic rings. The van der Waals surface area contributed by atoms with Crippen LogP contribution in [0.1, 0.15) is 64.5 Å². The lowest BCUT2D eigenvalue weighted by Crippen LogP contribution is -2.51. The molecule has 0 bridgehead atoms. The Labute approximate surface area is 175 Å². The maximum Gasteiger partial charge on any atom is 0.410 e. The van der Waals surface area contributed by atoms with Crippen LogP contribution in [-0.2, 0) is 4.79 Å². The number of halogens is 3. The fraction of sp³-hybridized carbons (Fsp3) is 0.522. The van der Waals surface area contributed by atoms with Gasteiger partial charge in [0.05, 0.1) is 6.61 Å². The van der Waals surface area contributed by atoms with Crippen LogP contribution in [0, 0.1) is 0 Å². The van der Waals surface area contributed by atoms with Gasteiger partial charge in [0, 0.05) is 22.9 Å². The number of hydrogen-bond donors (Lipinski definition) is 1. The first-order chi connectivity index (χ1) is 14.1. The lowest BCUT2D eigenvalue weighted by Gasteiger charge is -2.38. The first kappa shape index (κ1) is 22.4. The number of nitrogens with zero attached hydrogens (tertiary/aromatic N) is 1. The third kappa shape index (κ3) is 4.72. The second-order valence-corrected chi connectivity index (χ2v) is 8.45. The molecule has 1 atom stereocenters. The van der Waals surface area contributed by atoms with Crippen molar-refractivity contribution in [1.29, 1.82) is 0 Å². The maximum atomic E-state index is 14.3. The Morgan fingerprint density at radius 1 is 1.13 bits per heavy atom. The van der Waals surface area contributed by atoms with Crippen molar-refractivity contribution in [2.75, 3.05) is 6.61 Å². The number of fused-ring (bicyclic) bond motifs is 1. The molecule has 0 aliphatic carbocycles. The zero-order valence-corrected chi connectivity index (χ0v) is 17.7. The molecule has 3 rings (SSSR count). The molecule has 1 heterocycles. The molecule has 30 heavy (non-hydrogen) atoms. The van der Waals surface area contributed by atoms with E-state index in [0.29, 0.717) is 12.0 Å². The number of nitrogens with one attached hydrogen (secondary N) is 1. The number of hydrazine groups is 1. The summed E-state index contributed by atoms with van der Waals surface area (Å²) >= 11 is 0. The number of hydrogen-bond acceptors (Lipinski definition) is 3. The van der Waals surface area contributed by atoms with E-state index in [0.717, 1.165) is 36.1 Å². The summed E-state index contributed by atoms with van der Waals surface area (Å²) in [6, 6.07) is 8.42. The van der Waals surface area contributed by atoms with Crippen LogP contribution < -0.4 is 10.2 Å². The van der Waals surface area contributed by atoms with E-state index in [1.54, 1.807) is 32.0 Å². The highest BCUT2D eigenvalue weighted by Crippen LogP contribution is 2.47. The molecule has 0 unspecified atom stereocenters. The van der Waals surface area contributed by atoms with E-state index in [9.17, 15) is 18.0 Å². The molecular weight excluding hydrogens is 393 g/mol. The van der Waals surface area contributed by atoms with Crippen molar-refractivity contribution in [2.24, 2.45) is 0 Å². The van der Waals surface area contributed by atoms with E-state index >= 15 is 0 Å². The number of alkyl halides is 3. The summed E-state index contributed by atoms with van der Waals surface area (Å²) in [4.78, 5) is 12.0. The number of benzene rings is 2. The number of amides is 1. The quantitative estimate of drug-likeness (QED) is 0.537. The van der Waals surface area contributed by atoms with Crippen molar-refractivity contribution >= 4 is 16.7 Å². The maximum absolute atomic E-state index is 14.3. The number of unbranched alkanes of at least 4 members (excludes halogenated alkanes) is 3. The van der Waals surface area contributed by atoms with Gasteiger partial charge in [0.15, 0.2) is 6.04 Å². The van der Waals surface area contributed by atoms with Crippen molar-refractivity contribution in [1.82, 2.24) is 10.4 Å². The Bertz CT molecular complexity index is 896. The Kier molecular flexibility index (Phi) is 6.60. The van der Waals surface area contributed by atoms with Crippen LogP contribution in [0.3, 0.4) is 0 Å². The minimum absolute atomic E-state index is 0.000367. The average molecular weight is 422 g/mol. The van der Waals surface area contributed by atoms with Gasteiger partial charge < -0.3 is 4.74 Å². The van der Waals surface area contributed by atoms with Crippen LogP contribution in [0.15, 0.2) is 36.4 Å². The minimum atomic E-state index is -4.60. The summed E-state index contributed by atoms with van der Waals surface area (Å²) in [6.07, 6.45) is -0.726. The van der Waals surface area contributed by atoms with Crippen LogP contribution in [0.2, 0.25) is 0 Å². The minimum Gasteiger partial charge on any atom is -0.493 e. The number of carbonyl (C=O) groups excluding carboxylic acids is 1. The largest absolute Gasteiger partial charge is 0.493 e. The summed E-state index contributed by atoms with van der Waals surface area (Å²) < 4.78 is 49.0. The summed E-state index contributed by atoms with van der Waals surface area (Å²) in [5.41, 5.74) is 1.46. The predicted octanol–water partition coefficient (Wildman–Crippen LogP) is 5.92. The van der Waals surface area contributed by atoms with E-state index in [-0.39, 0.29) is 17.7 Å². The molecule has 1 N–H and O–H groups in total. The van der Waals surface area contributed by atoms with E-state index in [2.05, 4.69) is 12.3 Å². The topological polar surface area (TPSA) is 41.6 Å². The molecule has 1 aliphatic heterocycles. The SMILES string of the molecule is CCCCCCOc1c([C@H](N2NC(=O)CC2(C)C)C(F)(F)F)ccc2ccccc12. The van der Waals surface area contributed by atoms with Crippen LogP contribution in [0.25, 0.3) is 10.8 Å². The van der Waals surface area contributed by atoms with Crippen LogP contribution in [-0.4, -0.2) is 29.2 Å². The van der Waals surface area contributed by atoms with Gasteiger partial charge in [-0.2, -0.15) is 18.2 Å². The van der Waals surface area contributed by atoms with Gasteiger partial charge in [0.1, 0.15) is 5.75 Å². The molecule has 1 fully saturated rings. The normalized spacial score (nSPS) is 17.9. The lowest BCUT2D eigenvalue weighted by atomic mass is 9.94. The first-order valence-electron chi connectivity index (χ1n) is 10.4. The van der Waals surface area contributed by atoms with Crippen molar-refractivity contribution in [3.63, 3.8) is 0 Å². The number of rotatable bonds is 8. The Morgan fingerprint density at radius 3 is 2.50 bits per heavy atom. The van der Waals surface area contributed by atoms with Crippen molar-refractivity contribution in [3.8, 4) is 5.75 Å². The van der Waals surface area contributed by atoms with Gasteiger partial charge in [-0.1, -0.05) is 62.6 Å². The smallest absolute Gasteiger partial charge is 0.410 e. The molecule has 1 saturated heterocycles. The zero-order valence-electron chi connectivity index (χ0n) is 17.7. The number of ether oxygens (including phenoxy) is 1. The molecule has 2 aromatic carbocycles. The molecule has 1 amide bonds. The lowest BCUT2D eigenvalue weighted by molar-refractivity contribution is -0.204. The summed E-state index contributed by atoms with van der Waals surface area (Å²) in [5, 5.41) is 2.49. The fourth-order valence-corrected chi connectivity index (χ4v) is 4.02. The molecule has 1 aliphatic rings. The van der Waals surface area contributed by atoms with E-state index in [4.69, 9.17) is 4.74 Å². The summed E-state index contributed by atoms with van der Waals surface area (Å²) in [6.45, 7) is 5.72. The predicted molar refractivity (Wildman–Crippen MR) is 111 cm³/mol. The van der Waals surface area contributed by atoms with Crippen molar-refractivity contribution in [3.05, 3.63) is 42.0 Å². The van der Waals surface area contributed by atoms with Gasteiger partial charge in [0.2, 0.25) is 5.91 Å². The fourth-order valence-electron chi connectivity index (χ4n) is 4.02. The van der Waals surface area contributed by atoms with Crippen LogP contribution in [0.5, 0.6) is 5.75 Å². The highest BCUT2D eigenvalue weighted by atomic mass is 19.4. The van der Waals surface area contributed by atoms with Gasteiger partial charge in [-0.25, -0.2) is 0 Å². The van der Waals surface area contributed by atoms with E-state index in [1.807, 2.05) is 12.1 Å². The van der Waals surface area contributed by atoms with Gasteiger partial charge in [0.25, 0.3) is 0 Å². The summed E-state index contributed by atoms with van der Waals surface area (Å²) in [5.74, 6) is -0.180. The molecule has 4 nitrogen and oxygen atoms in total. The zero-order chi connectivity index (χ0) is 21.9. The second-order valence-electron chi connectivity index (χ2n) is 8.45. The highest BCUT2D eigenvalue weighted by Gasteiger charge is 2.54. The number of carbonyl (C=O) groups is 1. The molecule has 7 heteroatoms. The van der Waals surface area contributed by atoms with Gasteiger partial charge >= 0.3 is 6.18 Å². The Hall–Kier alpha value is -2.28. The van der Waals surface area contributed by atoms with Crippen molar-refractivity contribution in [2.45, 2.75) is 70.6 Å². The van der Waals surface area contributed by atoms with E-state index < -0.39 is 23.7 Å². The Morgan fingerprint density at radius 2 is 1.87 bits per heavy atom. The summed E-state index contributed by atoms with van der Waals surface area (Å²) in [7, 11) is 0. The first-order valence-corrected chi connectivity index (χ1v) is 10.4. The Balaban J connectivity index is 2.06. The highest BCUT2D eigenvalue weighted by molar-refractivity contribution is 5.90.